The van der Waals surface area contributed by atoms with Crippen molar-refractivity contribution in [1.82, 2.24) is 9.80 Å². The van der Waals surface area contributed by atoms with Gasteiger partial charge in [-0.3, -0.25) is 4.79 Å². The first kappa shape index (κ1) is 26.8. The minimum Gasteiger partial charge on any atom is -0.489 e. The van der Waals surface area contributed by atoms with Crippen molar-refractivity contribution in [3.05, 3.63) is 65.2 Å². The fourth-order valence-corrected chi connectivity index (χ4v) is 5.28. The molecule has 2 N–H and O–H groups in total. The highest BCUT2D eigenvalue weighted by atomic mass is 19.4. The van der Waals surface area contributed by atoms with Gasteiger partial charge in [0.05, 0.1) is 17.1 Å². The number of amides is 2. The zero-order chi connectivity index (χ0) is 26.6. The number of ether oxygens (including phenoxy) is 1. The van der Waals surface area contributed by atoms with Gasteiger partial charge >= 0.3 is 12.3 Å². The van der Waals surface area contributed by atoms with E-state index in [-0.39, 0.29) is 44.3 Å². The number of halogens is 3. The molecule has 10 heteroatoms. The number of rotatable bonds is 6. The minimum absolute atomic E-state index is 0.0177. The number of hydrogen-bond donors (Lipinski definition) is 2. The summed E-state index contributed by atoms with van der Waals surface area (Å²) in [6.07, 6.45) is -1.98. The summed E-state index contributed by atoms with van der Waals surface area (Å²) in [5, 5.41) is 20.8. The van der Waals surface area contributed by atoms with Gasteiger partial charge in [0.1, 0.15) is 12.4 Å². The van der Waals surface area contributed by atoms with Crippen molar-refractivity contribution in [2.24, 2.45) is 0 Å². The summed E-state index contributed by atoms with van der Waals surface area (Å²) >= 11 is 0. The topological polar surface area (TPSA) is 90.3 Å². The largest absolute Gasteiger partial charge is 0.489 e. The van der Waals surface area contributed by atoms with Gasteiger partial charge in [0.15, 0.2) is 0 Å². The van der Waals surface area contributed by atoms with Crippen LogP contribution in [0.25, 0.3) is 0 Å². The number of carboxylic acid groups (broad SMARTS) is 1. The second-order valence-electron chi connectivity index (χ2n) is 9.70. The van der Waals surface area contributed by atoms with E-state index in [1.165, 1.54) is 23.1 Å². The lowest BCUT2D eigenvalue weighted by molar-refractivity contribution is -0.143. The molecule has 37 heavy (non-hydrogen) atoms. The summed E-state index contributed by atoms with van der Waals surface area (Å²) < 4.78 is 45.4. The lowest BCUT2D eigenvalue weighted by Crippen LogP contribution is -2.54. The van der Waals surface area contributed by atoms with Gasteiger partial charge in [0.2, 0.25) is 5.91 Å². The minimum atomic E-state index is -4.48. The Kier molecular flexibility index (Phi) is 7.96. The smallest absolute Gasteiger partial charge is 0.416 e. The Balaban J connectivity index is 1.52. The average molecular weight is 521 g/mol. The molecule has 1 saturated heterocycles. The van der Waals surface area contributed by atoms with E-state index in [0.29, 0.717) is 24.2 Å². The average Bonchev–Trinajstić information content (AvgIpc) is 2.88. The summed E-state index contributed by atoms with van der Waals surface area (Å²) in [6, 6.07) is 11.8. The highest BCUT2D eigenvalue weighted by molar-refractivity contribution is 5.85. The molecule has 0 aromatic heterocycles. The van der Waals surface area contributed by atoms with Gasteiger partial charge < -0.3 is 24.7 Å². The van der Waals surface area contributed by atoms with Crippen molar-refractivity contribution in [2.45, 2.75) is 56.4 Å². The molecule has 7 nitrogen and oxygen atoms in total. The van der Waals surface area contributed by atoms with Gasteiger partial charge in [-0.1, -0.05) is 49.6 Å². The fraction of sp³-hybridized carbons (Fsp3) is 0.481. The van der Waals surface area contributed by atoms with Crippen molar-refractivity contribution in [1.29, 1.82) is 0 Å². The van der Waals surface area contributed by atoms with Crippen LogP contribution in [-0.2, 0) is 17.6 Å². The normalized spacial score (nSPS) is 18.8. The number of benzene rings is 2. The van der Waals surface area contributed by atoms with Gasteiger partial charge in [0, 0.05) is 31.7 Å². The molecular weight excluding hydrogens is 489 g/mol. The third kappa shape index (κ3) is 6.18. The standard InChI is InChI=1S/C27H31F3N2O5/c28-27(29,30)22-7-3-2-6-20(22)18-37-21-10-8-19(9-11-21)23(26(36)12-4-1-5-13-26)24(33)31-14-16-32(17-15-31)25(34)35/h2-3,6-11,23,36H,1,4-5,12-18H2,(H,34,35). The van der Waals surface area contributed by atoms with Crippen LogP contribution in [0.5, 0.6) is 5.75 Å². The van der Waals surface area contributed by atoms with Crippen LogP contribution in [0.3, 0.4) is 0 Å². The first-order valence-electron chi connectivity index (χ1n) is 12.5. The molecule has 4 rings (SSSR count). The Morgan fingerprint density at radius 3 is 2.11 bits per heavy atom. The molecule has 2 aromatic rings. The molecule has 0 bridgehead atoms. The van der Waals surface area contributed by atoms with E-state index < -0.39 is 29.4 Å². The number of piperazine rings is 1. The molecule has 200 valence electrons. The molecule has 2 aromatic carbocycles. The first-order chi connectivity index (χ1) is 17.6. The van der Waals surface area contributed by atoms with Crippen LogP contribution < -0.4 is 4.74 Å². The molecule has 2 aliphatic rings. The third-order valence-electron chi connectivity index (χ3n) is 7.30. The molecule has 1 saturated carbocycles. The molecule has 0 radical (unpaired) electrons. The van der Waals surface area contributed by atoms with E-state index in [0.717, 1.165) is 25.3 Å². The number of alkyl halides is 3. The summed E-state index contributed by atoms with van der Waals surface area (Å²) in [7, 11) is 0. The number of nitrogens with zero attached hydrogens (tertiary/aromatic N) is 2. The zero-order valence-corrected chi connectivity index (χ0v) is 20.4. The predicted octanol–water partition coefficient (Wildman–Crippen LogP) is 4.89. The molecule has 2 fully saturated rings. The quantitative estimate of drug-likeness (QED) is 0.567. The van der Waals surface area contributed by atoms with Gasteiger partial charge in [-0.2, -0.15) is 13.2 Å². The lowest BCUT2D eigenvalue weighted by Gasteiger charge is -2.42. The van der Waals surface area contributed by atoms with Gasteiger partial charge in [-0.15, -0.1) is 0 Å². The van der Waals surface area contributed by atoms with Crippen molar-refractivity contribution in [3.8, 4) is 5.75 Å². The zero-order valence-electron chi connectivity index (χ0n) is 20.4. The summed E-state index contributed by atoms with van der Waals surface area (Å²) in [5.41, 5.74) is -1.37. The highest BCUT2D eigenvalue weighted by Gasteiger charge is 2.45. The molecule has 0 spiro atoms. The van der Waals surface area contributed by atoms with Crippen LogP contribution in [0, 0.1) is 0 Å². The highest BCUT2D eigenvalue weighted by Crippen LogP contribution is 2.42. The molecule has 1 aliphatic heterocycles. The Hall–Kier alpha value is -3.27. The summed E-state index contributed by atoms with van der Waals surface area (Å²) in [6.45, 7) is 0.640. The lowest BCUT2D eigenvalue weighted by atomic mass is 9.72. The van der Waals surface area contributed by atoms with Gasteiger partial charge in [0.25, 0.3) is 0 Å². The third-order valence-corrected chi connectivity index (χ3v) is 7.30. The van der Waals surface area contributed by atoms with Crippen LogP contribution in [0.15, 0.2) is 48.5 Å². The molecule has 2 amide bonds. The maximum absolute atomic E-state index is 13.7. The van der Waals surface area contributed by atoms with E-state index in [1.807, 2.05) is 0 Å². The molecular formula is C27H31F3N2O5. The van der Waals surface area contributed by atoms with Gasteiger partial charge in [-0.25, -0.2) is 4.79 Å². The van der Waals surface area contributed by atoms with E-state index in [1.54, 1.807) is 29.2 Å². The number of carbonyl (C=O) groups excluding carboxylic acids is 1. The molecule has 1 unspecified atom stereocenters. The van der Waals surface area contributed by atoms with E-state index in [9.17, 15) is 33.0 Å². The van der Waals surface area contributed by atoms with Crippen molar-refractivity contribution < 1.29 is 37.7 Å². The molecule has 1 atom stereocenters. The summed E-state index contributed by atoms with van der Waals surface area (Å²) in [4.78, 5) is 27.8. The first-order valence-corrected chi connectivity index (χ1v) is 12.5. The maximum Gasteiger partial charge on any atom is 0.416 e. The van der Waals surface area contributed by atoms with Crippen LogP contribution in [0.1, 0.15) is 54.7 Å². The molecule has 1 aliphatic carbocycles. The second kappa shape index (κ2) is 11.0. The van der Waals surface area contributed by atoms with Crippen LogP contribution >= 0.6 is 0 Å². The van der Waals surface area contributed by atoms with Crippen LogP contribution in [0.4, 0.5) is 18.0 Å². The second-order valence-corrected chi connectivity index (χ2v) is 9.70. The Morgan fingerprint density at radius 1 is 0.919 bits per heavy atom. The maximum atomic E-state index is 13.7. The number of aliphatic hydroxyl groups is 1. The fourth-order valence-electron chi connectivity index (χ4n) is 5.28. The number of hydrogen-bond acceptors (Lipinski definition) is 4. The van der Waals surface area contributed by atoms with Crippen LogP contribution in [-0.4, -0.2) is 63.8 Å². The van der Waals surface area contributed by atoms with Crippen molar-refractivity contribution in [2.75, 3.05) is 26.2 Å². The Labute approximate surface area is 213 Å². The monoisotopic (exact) mass is 520 g/mol. The SMILES string of the molecule is O=C(O)N1CCN(C(=O)C(c2ccc(OCc3ccccc3C(F)(F)F)cc2)C2(O)CCCCC2)CC1. The van der Waals surface area contributed by atoms with E-state index >= 15 is 0 Å². The van der Waals surface area contributed by atoms with Crippen LogP contribution in [0.2, 0.25) is 0 Å². The van der Waals surface area contributed by atoms with Crippen molar-refractivity contribution in [3.63, 3.8) is 0 Å². The molecule has 1 heterocycles. The summed E-state index contributed by atoms with van der Waals surface area (Å²) in [5.74, 6) is -0.732. The number of carbonyl (C=O) groups is 2. The van der Waals surface area contributed by atoms with Crippen molar-refractivity contribution >= 4 is 12.0 Å². The Morgan fingerprint density at radius 2 is 1.51 bits per heavy atom. The Bertz CT molecular complexity index is 1090. The van der Waals surface area contributed by atoms with E-state index in [4.69, 9.17) is 4.74 Å². The van der Waals surface area contributed by atoms with E-state index in [2.05, 4.69) is 0 Å². The van der Waals surface area contributed by atoms with Gasteiger partial charge in [-0.05, 0) is 36.6 Å². The predicted molar refractivity (Wildman–Crippen MR) is 129 cm³/mol.